The number of ether oxygens (including phenoxy) is 3. The summed E-state index contributed by atoms with van der Waals surface area (Å²) in [6.07, 6.45) is 5.52. The Morgan fingerprint density at radius 3 is 2.68 bits per heavy atom. The van der Waals surface area contributed by atoms with Crippen LogP contribution in [0.15, 0.2) is 60.9 Å². The lowest BCUT2D eigenvalue weighted by Crippen LogP contribution is -2.33. The van der Waals surface area contributed by atoms with Gasteiger partial charge in [0.15, 0.2) is 11.5 Å². The van der Waals surface area contributed by atoms with Crippen molar-refractivity contribution < 1.29 is 23.8 Å². The van der Waals surface area contributed by atoms with E-state index in [1.54, 1.807) is 32.6 Å². The molecule has 1 aliphatic rings. The highest BCUT2D eigenvalue weighted by atomic mass is 16.7. The number of hydrogen-bond acceptors (Lipinski definition) is 9. The molecule has 3 heterocycles. The summed E-state index contributed by atoms with van der Waals surface area (Å²) in [5.41, 5.74) is 7.26. The van der Waals surface area contributed by atoms with Crippen LogP contribution in [0.3, 0.4) is 0 Å². The van der Waals surface area contributed by atoms with Gasteiger partial charge in [0, 0.05) is 44.2 Å². The molecule has 1 fully saturated rings. The summed E-state index contributed by atoms with van der Waals surface area (Å²) in [7, 11) is 4.84. The third-order valence-corrected chi connectivity index (χ3v) is 7.49. The number of hydrogen-bond donors (Lipinski definition) is 1. The highest BCUT2D eigenvalue weighted by molar-refractivity contribution is 5.93. The molecular weight excluding hydrogens is 522 g/mol. The second-order valence-corrected chi connectivity index (χ2v) is 10.0. The number of benzene rings is 2. The molecule has 5 rings (SSSR count). The van der Waals surface area contributed by atoms with Crippen LogP contribution in [-0.4, -0.2) is 66.4 Å². The number of piperidine rings is 1. The molecule has 0 unspecified atom stereocenters. The van der Waals surface area contributed by atoms with Gasteiger partial charge in [0.05, 0.1) is 36.9 Å². The summed E-state index contributed by atoms with van der Waals surface area (Å²) in [5.74, 6) is 2.39. The van der Waals surface area contributed by atoms with Crippen molar-refractivity contribution in [1.29, 1.82) is 0 Å². The Balaban J connectivity index is 1.29. The van der Waals surface area contributed by atoms with Gasteiger partial charge in [-0.25, -0.2) is 9.78 Å². The number of methoxy groups -OCH3 is 2. The third-order valence-electron chi connectivity index (χ3n) is 7.49. The molecule has 0 radical (unpaired) electrons. The molecule has 1 saturated heterocycles. The minimum atomic E-state index is -0.358. The lowest BCUT2D eigenvalue weighted by molar-refractivity contribution is 0.0601. The minimum absolute atomic E-state index is 0.339. The number of esters is 1. The van der Waals surface area contributed by atoms with Crippen molar-refractivity contribution in [3.05, 3.63) is 83.4 Å². The lowest BCUT2D eigenvalue weighted by atomic mass is 9.88. The predicted octanol–water partition coefficient (Wildman–Crippen LogP) is 4.34. The number of likely N-dealkylation sites (tertiary alicyclic amines) is 1. The molecule has 1 N–H and O–H groups in total. The molecule has 41 heavy (non-hydrogen) atoms. The number of para-hydroxylation sites is 1. The number of nitrogens with one attached hydrogen (secondary N) is 1. The molecule has 4 aromatic rings. The molecule has 10 heteroatoms. The molecular formula is C31H37N5O5. The molecule has 0 atom stereocenters. The maximum absolute atomic E-state index is 12.1. The summed E-state index contributed by atoms with van der Waals surface area (Å²) in [5, 5.41) is 0. The third kappa shape index (κ3) is 6.67. The van der Waals surface area contributed by atoms with E-state index >= 15 is 0 Å². The van der Waals surface area contributed by atoms with Crippen LogP contribution >= 0.6 is 0 Å². The van der Waals surface area contributed by atoms with E-state index in [1.165, 1.54) is 7.11 Å². The standard InChI is InChI=1S/C31H37N5O5/c1-32-41-30-25(7-4-8-28(30)40-21-22-6-5-13-33-19-22)23-11-14-35(15-12-23)20-29-34-26-10-9-24(31(37)39-3)18-27(26)36(29)16-17-38-2/h4-10,13,18-19,23,32H,11-12,14-17,20-21H2,1-3H3. The van der Waals surface area contributed by atoms with Crippen LogP contribution in [-0.2, 0) is 29.2 Å². The summed E-state index contributed by atoms with van der Waals surface area (Å²) < 4.78 is 18.6. The van der Waals surface area contributed by atoms with Crippen LogP contribution in [0.2, 0.25) is 0 Å². The number of imidazole rings is 1. The number of fused-ring (bicyclic) bond motifs is 1. The van der Waals surface area contributed by atoms with Gasteiger partial charge in [-0.15, -0.1) is 0 Å². The average Bonchev–Trinajstić information content (AvgIpc) is 3.35. The van der Waals surface area contributed by atoms with Crippen LogP contribution in [0.5, 0.6) is 11.5 Å². The molecule has 0 saturated carbocycles. The zero-order chi connectivity index (χ0) is 28.6. The van der Waals surface area contributed by atoms with Crippen molar-refractivity contribution >= 4 is 17.0 Å². The van der Waals surface area contributed by atoms with E-state index in [0.717, 1.165) is 59.7 Å². The van der Waals surface area contributed by atoms with Crippen LogP contribution in [0, 0.1) is 0 Å². The van der Waals surface area contributed by atoms with Gasteiger partial charge in [-0.1, -0.05) is 18.2 Å². The number of nitrogens with zero attached hydrogens (tertiary/aromatic N) is 4. The van der Waals surface area contributed by atoms with Crippen molar-refractivity contribution in [2.75, 3.05) is 41.0 Å². The monoisotopic (exact) mass is 559 g/mol. The second kappa shape index (κ2) is 13.6. The van der Waals surface area contributed by atoms with Crippen LogP contribution in [0.25, 0.3) is 11.0 Å². The van der Waals surface area contributed by atoms with E-state index in [4.69, 9.17) is 24.0 Å². The summed E-state index contributed by atoms with van der Waals surface area (Å²) >= 11 is 0. The van der Waals surface area contributed by atoms with E-state index in [0.29, 0.717) is 43.5 Å². The van der Waals surface area contributed by atoms with E-state index < -0.39 is 0 Å². The van der Waals surface area contributed by atoms with E-state index in [2.05, 4.69) is 26.0 Å². The molecule has 0 amide bonds. The molecule has 0 bridgehead atoms. The molecule has 0 spiro atoms. The lowest BCUT2D eigenvalue weighted by Gasteiger charge is -2.32. The van der Waals surface area contributed by atoms with Gasteiger partial charge in [0.2, 0.25) is 0 Å². The largest absolute Gasteiger partial charge is 0.485 e. The fourth-order valence-corrected chi connectivity index (χ4v) is 5.40. The van der Waals surface area contributed by atoms with Gasteiger partial charge in [0.25, 0.3) is 0 Å². The Morgan fingerprint density at radius 2 is 1.95 bits per heavy atom. The number of carbonyl (C=O) groups excluding carboxylic acids is 1. The molecule has 0 aliphatic carbocycles. The molecule has 2 aromatic heterocycles. The molecule has 10 nitrogen and oxygen atoms in total. The number of rotatable bonds is 12. The Morgan fingerprint density at radius 1 is 1.10 bits per heavy atom. The Kier molecular flexibility index (Phi) is 9.45. The van der Waals surface area contributed by atoms with Crippen molar-refractivity contribution in [3.8, 4) is 11.5 Å². The average molecular weight is 560 g/mol. The van der Waals surface area contributed by atoms with Gasteiger partial charge in [-0.3, -0.25) is 9.88 Å². The number of aromatic nitrogens is 3. The van der Waals surface area contributed by atoms with Gasteiger partial charge >= 0.3 is 5.97 Å². The smallest absolute Gasteiger partial charge is 0.337 e. The first kappa shape index (κ1) is 28.5. The zero-order valence-corrected chi connectivity index (χ0v) is 23.8. The fraction of sp³-hybridized carbons (Fsp3) is 0.387. The van der Waals surface area contributed by atoms with E-state index in [-0.39, 0.29) is 5.97 Å². The SMILES string of the molecule is CNOc1c(OCc2cccnc2)cccc1C1CCN(Cc2nc3ccc(C(=O)OC)cc3n2CCOC)CC1. The van der Waals surface area contributed by atoms with Gasteiger partial charge in [-0.05, 0) is 62.2 Å². The number of pyridine rings is 1. The van der Waals surface area contributed by atoms with Gasteiger partial charge < -0.3 is 23.6 Å². The predicted molar refractivity (Wildman–Crippen MR) is 155 cm³/mol. The van der Waals surface area contributed by atoms with Crippen molar-refractivity contribution in [2.24, 2.45) is 0 Å². The highest BCUT2D eigenvalue weighted by Gasteiger charge is 2.26. The Labute approximate surface area is 240 Å². The minimum Gasteiger partial charge on any atom is -0.485 e. The van der Waals surface area contributed by atoms with Crippen molar-refractivity contribution in [2.45, 2.75) is 38.5 Å². The quantitative estimate of drug-likeness (QED) is 0.201. The first-order valence-electron chi connectivity index (χ1n) is 13.9. The highest BCUT2D eigenvalue weighted by Crippen LogP contribution is 2.40. The van der Waals surface area contributed by atoms with Gasteiger partial charge in [-0.2, -0.15) is 5.48 Å². The normalized spacial score (nSPS) is 14.3. The fourth-order valence-electron chi connectivity index (χ4n) is 5.40. The maximum atomic E-state index is 12.1. The first-order valence-corrected chi connectivity index (χ1v) is 13.9. The Hall–Kier alpha value is -3.99. The first-order chi connectivity index (χ1) is 20.1. The van der Waals surface area contributed by atoms with Crippen LogP contribution in [0.4, 0.5) is 0 Å². The van der Waals surface area contributed by atoms with E-state index in [9.17, 15) is 4.79 Å². The molecule has 2 aromatic carbocycles. The van der Waals surface area contributed by atoms with Crippen LogP contribution in [0.1, 0.15) is 46.1 Å². The van der Waals surface area contributed by atoms with Crippen LogP contribution < -0.4 is 15.1 Å². The second-order valence-electron chi connectivity index (χ2n) is 10.0. The van der Waals surface area contributed by atoms with Gasteiger partial charge in [0.1, 0.15) is 12.4 Å². The summed E-state index contributed by atoms with van der Waals surface area (Å²) in [6, 6.07) is 15.5. The maximum Gasteiger partial charge on any atom is 0.337 e. The Bertz CT molecular complexity index is 1450. The van der Waals surface area contributed by atoms with Crippen molar-refractivity contribution in [3.63, 3.8) is 0 Å². The topological polar surface area (TPSA) is 100.0 Å². The zero-order valence-electron chi connectivity index (χ0n) is 23.8. The molecule has 1 aliphatic heterocycles. The molecule has 216 valence electrons. The summed E-state index contributed by atoms with van der Waals surface area (Å²) in [4.78, 5) is 29.6. The summed E-state index contributed by atoms with van der Waals surface area (Å²) in [6.45, 7) is 4.18. The number of carbonyl (C=O) groups is 1. The number of hydroxylamine groups is 1. The van der Waals surface area contributed by atoms with Crippen molar-refractivity contribution in [1.82, 2.24) is 24.9 Å². The van der Waals surface area contributed by atoms with E-state index in [1.807, 2.05) is 36.4 Å².